The van der Waals surface area contributed by atoms with Gasteiger partial charge in [0.25, 0.3) is 0 Å². The number of alkyl halides is 8. The number of halogens is 10. The molecular formula is C55H67F10N9O8. The largest absolute Gasteiger partial charge is 0.469 e. The number of aromatic nitrogens is 1. The number of allylic oxidation sites excluding steroid dienone is 1. The third-order valence-electron chi connectivity index (χ3n) is 14.7. The molecule has 2 aliphatic rings. The lowest BCUT2D eigenvalue weighted by Crippen LogP contribution is -2.64. The van der Waals surface area contributed by atoms with Gasteiger partial charge in [0.15, 0.2) is 0 Å². The number of carbonyl (C=O) groups excluding carboxylic acids is 4. The fourth-order valence-electron chi connectivity index (χ4n) is 8.91. The molecule has 1 aromatic heterocycles. The topological polar surface area (TPSA) is 213 Å². The van der Waals surface area contributed by atoms with E-state index >= 15 is 8.78 Å². The monoisotopic (exact) mass is 1170 g/mol. The van der Waals surface area contributed by atoms with Gasteiger partial charge in [0, 0.05) is 79.6 Å². The minimum absolute atomic E-state index is 0.0435. The minimum atomic E-state index is -5.13. The first-order valence-corrected chi connectivity index (χ1v) is 25.7. The van der Waals surface area contributed by atoms with Crippen LogP contribution in [0.5, 0.6) is 0 Å². The van der Waals surface area contributed by atoms with Crippen LogP contribution in [0.3, 0.4) is 0 Å². The third kappa shape index (κ3) is 17.3. The lowest BCUT2D eigenvalue weighted by atomic mass is 9.75. The summed E-state index contributed by atoms with van der Waals surface area (Å²) in [5.74, 6) is -1.70. The van der Waals surface area contributed by atoms with Crippen molar-refractivity contribution in [2.45, 2.75) is 96.5 Å². The molecule has 2 aromatic carbocycles. The fraction of sp³-hybridized carbons (Fsp3) is 0.527. The summed E-state index contributed by atoms with van der Waals surface area (Å²) in [5.41, 5.74) is 0.178. The molecule has 4 atom stereocenters. The minimum Gasteiger partial charge on any atom is -0.469 e. The Morgan fingerprint density at radius 1 is 0.878 bits per heavy atom. The van der Waals surface area contributed by atoms with Crippen molar-refractivity contribution in [3.8, 4) is 11.8 Å². The maximum absolute atomic E-state index is 15.7. The Hall–Kier alpha value is -7.02. The normalized spacial score (nSPS) is 16.8. The molecular weight excluding hydrogens is 1100 g/mol. The van der Waals surface area contributed by atoms with Gasteiger partial charge in [-0.05, 0) is 81.7 Å². The molecule has 0 radical (unpaired) electrons. The lowest BCUT2D eigenvalue weighted by Gasteiger charge is -2.50. The highest BCUT2D eigenvalue weighted by Crippen LogP contribution is 2.45. The second-order valence-electron chi connectivity index (χ2n) is 21.2. The van der Waals surface area contributed by atoms with Crippen LogP contribution < -0.4 is 26.6 Å². The molecule has 82 heavy (non-hydrogen) atoms. The first-order chi connectivity index (χ1) is 38.3. The van der Waals surface area contributed by atoms with Crippen LogP contribution in [0.4, 0.5) is 54.5 Å². The van der Waals surface area contributed by atoms with Gasteiger partial charge in [-0.1, -0.05) is 37.8 Å². The van der Waals surface area contributed by atoms with Crippen molar-refractivity contribution < 1.29 is 82.4 Å². The van der Waals surface area contributed by atoms with Crippen LogP contribution in [0.15, 0.2) is 65.8 Å². The smallest absolute Gasteiger partial charge is 0.407 e. The number of alkyl carbamates (subject to hydrolysis) is 1. The number of hydrogen-bond acceptors (Lipinski definition) is 14. The summed E-state index contributed by atoms with van der Waals surface area (Å²) in [5, 5.41) is 18.6. The quantitative estimate of drug-likeness (QED) is 0.0175. The Kier molecular flexibility index (Phi) is 22.3. The molecule has 2 aliphatic heterocycles. The highest BCUT2D eigenvalue weighted by molar-refractivity contribution is 5.87. The van der Waals surface area contributed by atoms with E-state index in [4.69, 9.17) is 10.5 Å². The third-order valence-corrected chi connectivity index (χ3v) is 14.7. The van der Waals surface area contributed by atoms with Gasteiger partial charge >= 0.3 is 31.0 Å². The van der Waals surface area contributed by atoms with Crippen molar-refractivity contribution in [2.75, 3.05) is 78.3 Å². The molecule has 0 saturated carbocycles. The van der Waals surface area contributed by atoms with Crippen molar-refractivity contribution in [2.24, 2.45) is 27.5 Å². The molecule has 17 nitrogen and oxygen atoms in total. The summed E-state index contributed by atoms with van der Waals surface area (Å²) in [6.45, 7) is 4.26. The molecule has 6 N–H and O–H groups in total. The number of methoxy groups -OCH3 is 2. The number of aliphatic imine (C=N–C) groups is 1. The van der Waals surface area contributed by atoms with Crippen molar-refractivity contribution in [3.05, 3.63) is 100 Å². The van der Waals surface area contributed by atoms with E-state index in [1.54, 1.807) is 30.5 Å². The van der Waals surface area contributed by atoms with Crippen LogP contribution in [0, 0.1) is 40.2 Å². The molecule has 3 heterocycles. The average Bonchev–Trinajstić information content (AvgIpc) is 3.51. The van der Waals surface area contributed by atoms with Crippen molar-refractivity contribution in [1.29, 1.82) is 0 Å². The molecule has 0 aliphatic carbocycles. The van der Waals surface area contributed by atoms with Gasteiger partial charge in [0.2, 0.25) is 11.8 Å². The number of ether oxygens (including phenoxy) is 3. The number of nitrogens with one attached hydrogen (secondary N) is 3. The summed E-state index contributed by atoms with van der Waals surface area (Å²) in [4.78, 5) is 65.7. The van der Waals surface area contributed by atoms with E-state index < -0.39 is 128 Å². The summed E-state index contributed by atoms with van der Waals surface area (Å²) < 4.78 is 158. The molecule has 2 fully saturated rings. The lowest BCUT2D eigenvalue weighted by molar-refractivity contribution is -0.230. The van der Waals surface area contributed by atoms with Gasteiger partial charge in [0.1, 0.15) is 23.5 Å². The molecule has 27 heteroatoms. The Bertz CT molecular complexity index is 2790. The fourth-order valence-corrected chi connectivity index (χ4v) is 8.91. The van der Waals surface area contributed by atoms with E-state index in [1.165, 1.54) is 0 Å². The van der Waals surface area contributed by atoms with Crippen molar-refractivity contribution in [1.82, 2.24) is 30.7 Å². The predicted octanol–water partition coefficient (Wildman–Crippen LogP) is 6.35. The van der Waals surface area contributed by atoms with Gasteiger partial charge in [-0.15, -0.1) is 0 Å². The zero-order valence-electron chi connectivity index (χ0n) is 46.1. The van der Waals surface area contributed by atoms with E-state index in [-0.39, 0.29) is 23.2 Å². The number of benzene rings is 2. The number of esters is 1. The Balaban J connectivity index is 1.46. The van der Waals surface area contributed by atoms with Gasteiger partial charge in [-0.3, -0.25) is 24.2 Å². The first-order valence-electron chi connectivity index (χ1n) is 25.7. The highest BCUT2D eigenvalue weighted by Gasteiger charge is 2.57. The van der Waals surface area contributed by atoms with Crippen LogP contribution in [0.1, 0.15) is 68.9 Å². The van der Waals surface area contributed by atoms with E-state index in [1.807, 2.05) is 17.4 Å². The number of nitrogens with zero attached hydrogens (tertiary/aromatic N) is 5. The summed E-state index contributed by atoms with van der Waals surface area (Å²) >= 11 is 0. The summed E-state index contributed by atoms with van der Waals surface area (Å²) in [7, 11) is 1.74. The van der Waals surface area contributed by atoms with E-state index in [9.17, 15) is 59.4 Å². The molecule has 450 valence electrons. The Morgan fingerprint density at radius 3 is 2.00 bits per heavy atom. The van der Waals surface area contributed by atoms with E-state index in [2.05, 4.69) is 58.6 Å². The van der Waals surface area contributed by atoms with Crippen molar-refractivity contribution in [3.63, 3.8) is 0 Å². The van der Waals surface area contributed by atoms with Crippen LogP contribution in [-0.4, -0.2) is 166 Å². The molecule has 0 spiro atoms. The summed E-state index contributed by atoms with van der Waals surface area (Å²) in [6.07, 6.45) is -12.4. The predicted molar refractivity (Wildman–Crippen MR) is 282 cm³/mol. The number of piperazine rings is 1. The maximum Gasteiger partial charge on any atom is 0.407 e. The number of aliphatic hydroxyl groups is 1. The first kappa shape index (κ1) is 65.8. The van der Waals surface area contributed by atoms with Crippen molar-refractivity contribution >= 4 is 41.6 Å². The number of carbonyl (C=O) groups is 4. The molecule has 0 bridgehead atoms. The van der Waals surface area contributed by atoms with Gasteiger partial charge < -0.3 is 45.9 Å². The zero-order valence-corrected chi connectivity index (χ0v) is 46.1. The Labute approximate surface area is 468 Å². The van der Waals surface area contributed by atoms with Gasteiger partial charge in [0.05, 0.1) is 75.0 Å². The molecule has 2 saturated heterocycles. The number of amides is 3. The standard InChI is InChI=1S/C55H67F10N9O8/c1-51(2,54(60,61)62)38(27-45(76)80-6)47(77)69-32-72(19-17-37-39(56)25-36(26-40(37)57)41(66)16-18-67-49(58)59)29-43(75)42(70-48(78)46(71-50(79)81-7)52(3,4)55(63,64)65)24-34-11-8-33(9-12-34)10-13-35-14-15-44(68-28-35)73-20-22-74(23-21-73)53(5)30-82-31-53/h8-9,11-12,14-16,18,25-26,28,38,42-43,46,49,75H,17,19-24,27,29-32,66H2,1-7H3,(H,69,77)(H,70,78)(H,71,79)/t38-,42+,43+,46-/m1/s1. The Morgan fingerprint density at radius 2 is 1.48 bits per heavy atom. The highest BCUT2D eigenvalue weighted by atomic mass is 19.4. The molecule has 3 amide bonds. The van der Waals surface area contributed by atoms with Crippen LogP contribution in [0.25, 0.3) is 5.70 Å². The van der Waals surface area contributed by atoms with E-state index in [0.29, 0.717) is 63.8 Å². The number of pyridine rings is 1. The van der Waals surface area contributed by atoms with Crippen LogP contribution in [0.2, 0.25) is 0 Å². The summed E-state index contributed by atoms with van der Waals surface area (Å²) in [6, 6.07) is 7.48. The maximum atomic E-state index is 15.7. The van der Waals surface area contributed by atoms with Gasteiger partial charge in [-0.25, -0.2) is 23.6 Å². The average molecular weight is 1170 g/mol. The molecule has 5 rings (SSSR count). The second-order valence-corrected chi connectivity index (χ2v) is 21.2. The molecule has 0 unspecified atom stereocenters. The number of nitrogens with two attached hydrogens (primary N) is 1. The van der Waals surface area contributed by atoms with Crippen LogP contribution >= 0.6 is 0 Å². The number of rotatable bonds is 23. The van der Waals surface area contributed by atoms with E-state index in [0.717, 1.165) is 69.3 Å². The number of aliphatic hydroxyl groups excluding tert-OH is 1. The van der Waals surface area contributed by atoms with Gasteiger partial charge in [-0.2, -0.15) is 35.1 Å². The SMILES string of the molecule is COC(=O)C[C@H](C(=O)NCN(CCc1c(F)cc(C(N)=CC=NC(F)F)cc1F)C[C@H](O)[C@H](Cc1ccc(C#Cc2ccc(N3CCN(C4(C)COC4)CC3)nc2)cc1)NC(=O)[C@@H](NC(=O)OC)C(C)(C)C(F)(F)F)C(C)(C)C(F)(F)F. The van der Waals surface area contributed by atoms with Crippen LogP contribution in [-0.2, 0) is 41.4 Å². The zero-order chi connectivity index (χ0) is 61.0. The molecule has 3 aromatic rings. The second kappa shape index (κ2) is 27.8. The number of anilines is 1. The number of hydrogen-bond donors (Lipinski definition) is 5.